The number of likely N-dealkylation sites (tertiary alicyclic amines) is 1. The van der Waals surface area contributed by atoms with Crippen LogP contribution in [0.15, 0.2) is 24.9 Å². The Morgan fingerprint density at radius 3 is 2.67 bits per heavy atom. The van der Waals surface area contributed by atoms with E-state index in [-0.39, 0.29) is 0 Å². The maximum absolute atomic E-state index is 3.94. The third-order valence-electron chi connectivity index (χ3n) is 2.54. The molecule has 0 saturated carbocycles. The third-order valence-corrected chi connectivity index (χ3v) is 2.54. The topological polar surface area (TPSA) is 6.48 Å². The van der Waals surface area contributed by atoms with Crippen LogP contribution in [0.3, 0.4) is 0 Å². The standard InChI is InChI=1S/C10H18N2/c1-5-9(2)12-7-6-10(8-12)11(3)4/h5,10H,1-2,6-8H2,3-4H3. The fraction of sp³-hybridized carbons (Fsp3) is 0.600. The highest BCUT2D eigenvalue weighted by Gasteiger charge is 2.23. The molecule has 0 aliphatic carbocycles. The number of hydrogen-bond acceptors (Lipinski definition) is 2. The molecule has 2 nitrogen and oxygen atoms in total. The molecular formula is C10H18N2. The summed E-state index contributed by atoms with van der Waals surface area (Å²) in [5, 5.41) is 0. The van der Waals surface area contributed by atoms with E-state index in [0.29, 0.717) is 6.04 Å². The number of allylic oxidation sites excluding steroid dienone is 1. The Morgan fingerprint density at radius 2 is 2.25 bits per heavy atom. The molecule has 1 rings (SSSR count). The van der Waals surface area contributed by atoms with E-state index in [4.69, 9.17) is 0 Å². The van der Waals surface area contributed by atoms with E-state index in [1.807, 2.05) is 6.08 Å². The van der Waals surface area contributed by atoms with E-state index in [2.05, 4.69) is 37.1 Å². The Morgan fingerprint density at radius 1 is 1.58 bits per heavy atom. The minimum absolute atomic E-state index is 0.682. The SMILES string of the molecule is C=CC(=C)N1CCC(N(C)C)C1. The van der Waals surface area contributed by atoms with Gasteiger partial charge in [-0.1, -0.05) is 13.2 Å². The van der Waals surface area contributed by atoms with Gasteiger partial charge in [0.05, 0.1) is 0 Å². The summed E-state index contributed by atoms with van der Waals surface area (Å²) in [7, 11) is 4.26. The zero-order valence-corrected chi connectivity index (χ0v) is 8.08. The van der Waals surface area contributed by atoms with Gasteiger partial charge < -0.3 is 9.80 Å². The van der Waals surface area contributed by atoms with Gasteiger partial charge in [0.2, 0.25) is 0 Å². The molecule has 1 aliphatic heterocycles. The quantitative estimate of drug-likeness (QED) is 0.583. The van der Waals surface area contributed by atoms with E-state index in [0.717, 1.165) is 18.8 Å². The van der Waals surface area contributed by atoms with Gasteiger partial charge in [0, 0.05) is 24.8 Å². The van der Waals surface area contributed by atoms with Crippen LogP contribution in [0.2, 0.25) is 0 Å². The fourth-order valence-corrected chi connectivity index (χ4v) is 1.55. The first-order valence-corrected chi connectivity index (χ1v) is 4.38. The molecule has 12 heavy (non-hydrogen) atoms. The Hall–Kier alpha value is -0.760. The summed E-state index contributed by atoms with van der Waals surface area (Å²) in [6.45, 7) is 9.87. The van der Waals surface area contributed by atoms with Crippen LogP contribution in [0.4, 0.5) is 0 Å². The van der Waals surface area contributed by atoms with Crippen molar-refractivity contribution in [3.63, 3.8) is 0 Å². The van der Waals surface area contributed by atoms with Crippen molar-refractivity contribution >= 4 is 0 Å². The first-order chi connectivity index (χ1) is 5.65. The molecular weight excluding hydrogens is 148 g/mol. The number of hydrogen-bond donors (Lipinski definition) is 0. The van der Waals surface area contributed by atoms with Crippen molar-refractivity contribution in [2.24, 2.45) is 0 Å². The smallest absolute Gasteiger partial charge is 0.0334 e. The van der Waals surface area contributed by atoms with Crippen LogP contribution in [-0.2, 0) is 0 Å². The summed E-state index contributed by atoms with van der Waals surface area (Å²) < 4.78 is 0. The van der Waals surface area contributed by atoms with Gasteiger partial charge in [0.1, 0.15) is 0 Å². The van der Waals surface area contributed by atoms with E-state index >= 15 is 0 Å². The normalized spacial score (nSPS) is 23.2. The highest BCUT2D eigenvalue weighted by Crippen LogP contribution is 2.17. The van der Waals surface area contributed by atoms with E-state index < -0.39 is 0 Å². The van der Waals surface area contributed by atoms with Gasteiger partial charge >= 0.3 is 0 Å². The van der Waals surface area contributed by atoms with Crippen LogP contribution < -0.4 is 0 Å². The molecule has 0 aromatic carbocycles. The van der Waals surface area contributed by atoms with Gasteiger partial charge in [0.25, 0.3) is 0 Å². The number of nitrogens with zero attached hydrogens (tertiary/aromatic N) is 2. The summed E-state index contributed by atoms with van der Waals surface area (Å²) in [6.07, 6.45) is 3.07. The maximum atomic E-state index is 3.94. The fourth-order valence-electron chi connectivity index (χ4n) is 1.55. The summed E-state index contributed by atoms with van der Waals surface area (Å²) >= 11 is 0. The van der Waals surface area contributed by atoms with Crippen molar-refractivity contribution in [3.05, 3.63) is 24.9 Å². The van der Waals surface area contributed by atoms with Gasteiger partial charge in [0.15, 0.2) is 0 Å². The van der Waals surface area contributed by atoms with Crippen LogP contribution in [-0.4, -0.2) is 43.0 Å². The average molecular weight is 166 g/mol. The highest BCUT2D eigenvalue weighted by molar-refractivity contribution is 5.11. The molecule has 0 aromatic heterocycles. The molecule has 0 aromatic rings. The molecule has 68 valence electrons. The number of likely N-dealkylation sites (N-methyl/N-ethyl adjacent to an activating group) is 1. The number of rotatable bonds is 3. The second-order valence-corrected chi connectivity index (χ2v) is 3.55. The molecule has 1 saturated heterocycles. The lowest BCUT2D eigenvalue weighted by atomic mass is 10.2. The summed E-state index contributed by atoms with van der Waals surface area (Å²) in [5.74, 6) is 0. The lowest BCUT2D eigenvalue weighted by Gasteiger charge is -2.21. The molecule has 1 unspecified atom stereocenters. The maximum Gasteiger partial charge on any atom is 0.0334 e. The minimum atomic E-state index is 0.682. The first-order valence-electron chi connectivity index (χ1n) is 4.38. The van der Waals surface area contributed by atoms with E-state index in [1.165, 1.54) is 6.42 Å². The predicted molar refractivity (Wildman–Crippen MR) is 53.0 cm³/mol. The van der Waals surface area contributed by atoms with E-state index in [9.17, 15) is 0 Å². The molecule has 0 amide bonds. The van der Waals surface area contributed by atoms with Crippen LogP contribution in [0.25, 0.3) is 0 Å². The lowest BCUT2D eigenvalue weighted by Crippen LogP contribution is -2.30. The molecule has 0 bridgehead atoms. The monoisotopic (exact) mass is 166 g/mol. The largest absolute Gasteiger partial charge is 0.370 e. The molecule has 0 radical (unpaired) electrons. The molecule has 1 fully saturated rings. The first kappa shape index (κ1) is 9.33. The second kappa shape index (κ2) is 3.76. The van der Waals surface area contributed by atoms with Gasteiger partial charge in [-0.15, -0.1) is 0 Å². The van der Waals surface area contributed by atoms with Crippen LogP contribution >= 0.6 is 0 Å². The Kier molecular flexibility index (Phi) is 2.93. The van der Waals surface area contributed by atoms with Crippen LogP contribution in [0, 0.1) is 0 Å². The van der Waals surface area contributed by atoms with Crippen molar-refractivity contribution in [1.82, 2.24) is 9.80 Å². The molecule has 0 spiro atoms. The van der Waals surface area contributed by atoms with Crippen LogP contribution in [0.5, 0.6) is 0 Å². The van der Waals surface area contributed by atoms with Gasteiger partial charge in [-0.25, -0.2) is 0 Å². The average Bonchev–Trinajstić information content (AvgIpc) is 2.51. The van der Waals surface area contributed by atoms with Crippen molar-refractivity contribution in [2.75, 3.05) is 27.2 Å². The van der Waals surface area contributed by atoms with Gasteiger partial charge in [-0.05, 0) is 26.6 Å². The second-order valence-electron chi connectivity index (χ2n) is 3.55. The summed E-state index contributed by atoms with van der Waals surface area (Å²) in [6, 6.07) is 0.682. The van der Waals surface area contributed by atoms with E-state index in [1.54, 1.807) is 0 Å². The predicted octanol–water partition coefficient (Wildman–Crippen LogP) is 1.32. The zero-order valence-electron chi connectivity index (χ0n) is 8.08. The minimum Gasteiger partial charge on any atom is -0.370 e. The molecule has 1 heterocycles. The van der Waals surface area contributed by atoms with Gasteiger partial charge in [-0.3, -0.25) is 0 Å². The molecule has 0 N–H and O–H groups in total. The van der Waals surface area contributed by atoms with Crippen molar-refractivity contribution in [3.8, 4) is 0 Å². The summed E-state index contributed by atoms with van der Waals surface area (Å²) in [5.41, 5.74) is 1.05. The van der Waals surface area contributed by atoms with Crippen molar-refractivity contribution < 1.29 is 0 Å². The Labute approximate surface area is 75.2 Å². The molecule has 1 atom stereocenters. The lowest BCUT2D eigenvalue weighted by molar-refractivity contribution is 0.293. The third kappa shape index (κ3) is 1.89. The zero-order chi connectivity index (χ0) is 9.14. The summed E-state index contributed by atoms with van der Waals surface area (Å²) in [4.78, 5) is 4.56. The highest BCUT2D eigenvalue weighted by atomic mass is 15.2. The molecule has 2 heteroatoms. The van der Waals surface area contributed by atoms with Crippen molar-refractivity contribution in [1.29, 1.82) is 0 Å². The van der Waals surface area contributed by atoms with Crippen LogP contribution in [0.1, 0.15) is 6.42 Å². The Bertz CT molecular complexity index is 184. The van der Waals surface area contributed by atoms with Gasteiger partial charge in [-0.2, -0.15) is 0 Å². The Balaban J connectivity index is 2.45. The van der Waals surface area contributed by atoms with Crippen molar-refractivity contribution in [2.45, 2.75) is 12.5 Å². The molecule has 1 aliphatic rings.